The number of ether oxygens (including phenoxy) is 1. The summed E-state index contributed by atoms with van der Waals surface area (Å²) < 4.78 is 68.7. The number of nitrogens with one attached hydrogen (secondary N) is 1. The summed E-state index contributed by atoms with van der Waals surface area (Å²) in [5, 5.41) is 4.88. The predicted octanol–water partition coefficient (Wildman–Crippen LogP) is 7.90. The minimum atomic E-state index is -5.84. The lowest BCUT2D eigenvalue weighted by Gasteiger charge is -2.22. The molecule has 2 heterocycles. The second-order valence-electron chi connectivity index (χ2n) is 11.0. The van der Waals surface area contributed by atoms with E-state index in [9.17, 15) is 26.7 Å². The first-order valence-electron chi connectivity index (χ1n) is 14.5. The number of carbonyl (C=O) groups is 1. The maximum atomic E-state index is 13.2. The summed E-state index contributed by atoms with van der Waals surface area (Å²) in [6.07, 6.45) is -10.2. The molecule has 0 saturated carbocycles. The Morgan fingerprint density at radius 3 is 2.35 bits per heavy atom. The van der Waals surface area contributed by atoms with Crippen molar-refractivity contribution >= 4 is 45.9 Å². The number of alkyl halides is 5. The van der Waals surface area contributed by atoms with Crippen LogP contribution in [0.4, 0.5) is 27.6 Å². The van der Waals surface area contributed by atoms with Crippen LogP contribution in [0.15, 0.2) is 78.0 Å². The van der Waals surface area contributed by atoms with Crippen molar-refractivity contribution in [3.63, 3.8) is 0 Å². The van der Waals surface area contributed by atoms with Crippen molar-refractivity contribution in [3.8, 4) is 22.8 Å². The van der Waals surface area contributed by atoms with Gasteiger partial charge < -0.3 is 4.74 Å². The molecule has 1 unspecified atom stereocenters. The van der Waals surface area contributed by atoms with Crippen LogP contribution in [0.1, 0.15) is 49.5 Å². The van der Waals surface area contributed by atoms with Gasteiger partial charge in [-0.3, -0.25) is 14.5 Å². The summed E-state index contributed by atoms with van der Waals surface area (Å²) >= 11 is 6.70. The number of hydrogen-bond acceptors (Lipinski definition) is 7. The molecule has 3 aromatic carbocycles. The van der Waals surface area contributed by atoms with Crippen LogP contribution in [-0.4, -0.2) is 49.0 Å². The number of halogens is 5. The molecule has 252 valence electrons. The first-order chi connectivity index (χ1) is 22.6. The van der Waals surface area contributed by atoms with E-state index in [1.54, 1.807) is 17.0 Å². The molecule has 1 aliphatic rings. The van der Waals surface area contributed by atoms with Crippen molar-refractivity contribution in [3.05, 3.63) is 89.7 Å². The maximum absolute atomic E-state index is 13.2. The van der Waals surface area contributed by atoms with Crippen LogP contribution in [0.25, 0.3) is 17.1 Å². The molecule has 0 aliphatic carbocycles. The number of thiocarbonyl (C=S) groups is 1. The van der Waals surface area contributed by atoms with Gasteiger partial charge in [0, 0.05) is 5.56 Å². The topological polar surface area (TPSA) is 93.9 Å². The van der Waals surface area contributed by atoms with Crippen molar-refractivity contribution in [1.82, 2.24) is 20.2 Å². The largest absolute Gasteiger partial charge is 0.499 e. The van der Waals surface area contributed by atoms with E-state index in [1.807, 2.05) is 44.2 Å². The van der Waals surface area contributed by atoms with Gasteiger partial charge in [-0.15, -0.1) is 5.10 Å². The van der Waals surface area contributed by atoms with Gasteiger partial charge in [-0.05, 0) is 79.0 Å². The number of anilines is 1. The molecule has 1 atom stereocenters. The smallest absolute Gasteiger partial charge is 0.426 e. The van der Waals surface area contributed by atoms with E-state index < -0.39 is 24.1 Å². The Kier molecular flexibility index (Phi) is 10.2. The number of hydrogen-bond donors (Lipinski definition) is 1. The molecular formula is C32H29F5N6O3S2. The SMILES string of the molecule is Cc1ccc(C(C)C)c(N2C(=O)CS/C2=N\C(=S)NOC(C)c2ccc(-c3ncn(-c4ccc(OC(F)(F)C(F)(F)F)cc4)n3)cc2)c1. The van der Waals surface area contributed by atoms with Crippen LogP contribution < -0.4 is 15.1 Å². The number of aliphatic imine (C=N–C) groups is 1. The van der Waals surface area contributed by atoms with Gasteiger partial charge in [-0.25, -0.2) is 15.1 Å². The number of amides is 1. The van der Waals surface area contributed by atoms with Crippen molar-refractivity contribution in [2.75, 3.05) is 10.7 Å². The summed E-state index contributed by atoms with van der Waals surface area (Å²) in [6.45, 7) is 7.91. The average Bonchev–Trinajstić information content (AvgIpc) is 3.66. The number of aryl methyl sites for hydroxylation is 1. The second kappa shape index (κ2) is 14.0. The zero-order valence-electron chi connectivity index (χ0n) is 26.0. The third-order valence-electron chi connectivity index (χ3n) is 7.14. The fraction of sp³-hybridized carbons (Fsp3) is 0.281. The lowest BCUT2D eigenvalue weighted by atomic mass is 9.99. The van der Waals surface area contributed by atoms with Crippen LogP contribution in [0.2, 0.25) is 0 Å². The zero-order valence-corrected chi connectivity index (χ0v) is 27.6. The first-order valence-corrected chi connectivity index (χ1v) is 15.9. The van der Waals surface area contributed by atoms with E-state index >= 15 is 0 Å². The molecule has 1 saturated heterocycles. The third-order valence-corrected chi connectivity index (χ3v) is 8.24. The molecule has 9 nitrogen and oxygen atoms in total. The maximum Gasteiger partial charge on any atom is 0.499 e. The Hall–Kier alpha value is -4.41. The Bertz CT molecular complexity index is 1830. The number of aromatic nitrogens is 3. The van der Waals surface area contributed by atoms with Gasteiger partial charge in [0.2, 0.25) is 11.0 Å². The van der Waals surface area contributed by atoms with Crippen LogP contribution in [0.5, 0.6) is 5.75 Å². The number of carbonyl (C=O) groups excluding carboxylic acids is 1. The third kappa shape index (κ3) is 7.82. The quantitative estimate of drug-likeness (QED) is 0.107. The minimum absolute atomic E-state index is 0.0582. The zero-order chi connectivity index (χ0) is 34.8. The van der Waals surface area contributed by atoms with Crippen LogP contribution >= 0.6 is 24.0 Å². The van der Waals surface area contributed by atoms with Crippen molar-refractivity contribution < 1.29 is 36.3 Å². The molecule has 0 radical (unpaired) electrons. The molecule has 1 amide bonds. The van der Waals surface area contributed by atoms with E-state index in [4.69, 9.17) is 17.1 Å². The summed E-state index contributed by atoms with van der Waals surface area (Å²) in [6, 6.07) is 17.7. The molecule has 48 heavy (non-hydrogen) atoms. The van der Waals surface area contributed by atoms with E-state index in [0.717, 1.165) is 34.5 Å². The molecular weight excluding hydrogens is 676 g/mol. The highest BCUT2D eigenvalue weighted by Crippen LogP contribution is 2.37. The summed E-state index contributed by atoms with van der Waals surface area (Å²) in [4.78, 5) is 28.9. The van der Waals surface area contributed by atoms with Gasteiger partial charge in [-0.2, -0.15) is 26.9 Å². The number of hydroxylamine groups is 1. The fourth-order valence-corrected chi connectivity index (χ4v) is 5.69. The number of benzene rings is 3. The van der Waals surface area contributed by atoms with Crippen LogP contribution in [0, 0.1) is 6.92 Å². The molecule has 1 fully saturated rings. The standard InChI is InChI=1S/C32H29F5N6O3S2/c1-18(2)25-14-5-19(3)15-26(25)43-27(44)16-48-30(43)39-29(47)41-46-20(4)21-6-8-22(9-7-21)28-38-17-42(40-28)23-10-12-24(13-11-23)45-32(36,37)31(33,34)35/h5-15,17-18,20H,16H2,1-4H3,(H,41,47)/b39-30-. The molecule has 16 heteroatoms. The lowest BCUT2D eigenvalue weighted by molar-refractivity contribution is -0.360. The number of nitrogens with zero attached hydrogens (tertiary/aromatic N) is 5. The molecule has 4 aromatic rings. The minimum Gasteiger partial charge on any atom is -0.426 e. The highest BCUT2D eigenvalue weighted by molar-refractivity contribution is 8.15. The predicted molar refractivity (Wildman–Crippen MR) is 176 cm³/mol. The molecule has 5 rings (SSSR count). The van der Waals surface area contributed by atoms with Gasteiger partial charge in [0.15, 0.2) is 11.0 Å². The number of rotatable bonds is 9. The van der Waals surface area contributed by atoms with Gasteiger partial charge >= 0.3 is 12.3 Å². The Morgan fingerprint density at radius 2 is 1.71 bits per heavy atom. The Morgan fingerprint density at radius 1 is 1.02 bits per heavy atom. The molecule has 1 N–H and O–H groups in total. The fourth-order valence-electron chi connectivity index (χ4n) is 4.63. The van der Waals surface area contributed by atoms with E-state index in [-0.39, 0.29) is 22.7 Å². The van der Waals surface area contributed by atoms with Gasteiger partial charge in [0.05, 0.1) is 17.1 Å². The van der Waals surface area contributed by atoms with E-state index in [2.05, 4.69) is 39.1 Å². The van der Waals surface area contributed by atoms with Gasteiger partial charge in [0.1, 0.15) is 18.2 Å². The highest BCUT2D eigenvalue weighted by atomic mass is 32.2. The Labute approximate surface area is 282 Å². The van der Waals surface area contributed by atoms with E-state index in [1.165, 1.54) is 34.9 Å². The summed E-state index contributed by atoms with van der Waals surface area (Å²) in [5.41, 5.74) is 7.34. The molecule has 0 spiro atoms. The Balaban J connectivity index is 1.20. The van der Waals surface area contributed by atoms with Crippen molar-refractivity contribution in [1.29, 1.82) is 0 Å². The molecule has 1 aliphatic heterocycles. The van der Waals surface area contributed by atoms with E-state index in [0.29, 0.717) is 22.2 Å². The lowest BCUT2D eigenvalue weighted by Crippen LogP contribution is -2.41. The molecule has 1 aromatic heterocycles. The van der Waals surface area contributed by atoms with Crippen LogP contribution in [0.3, 0.4) is 0 Å². The van der Waals surface area contributed by atoms with Crippen LogP contribution in [-0.2, 0) is 9.63 Å². The van der Waals surface area contributed by atoms with Crippen molar-refractivity contribution in [2.24, 2.45) is 4.99 Å². The van der Waals surface area contributed by atoms with Gasteiger partial charge in [0.25, 0.3) is 0 Å². The summed E-state index contributed by atoms with van der Waals surface area (Å²) in [7, 11) is 0. The summed E-state index contributed by atoms with van der Waals surface area (Å²) in [5.74, 6) is 0.0487. The van der Waals surface area contributed by atoms with Crippen molar-refractivity contribution in [2.45, 2.75) is 52.0 Å². The average molecular weight is 705 g/mol. The highest BCUT2D eigenvalue weighted by Gasteiger charge is 2.61. The van der Waals surface area contributed by atoms with Gasteiger partial charge in [-0.1, -0.05) is 62.0 Å². The monoisotopic (exact) mass is 704 g/mol. The second-order valence-corrected chi connectivity index (χ2v) is 12.4. The first kappa shape index (κ1) is 34.9. The number of amidine groups is 1. The number of thioether (sulfide) groups is 1. The normalized spacial score (nSPS) is 15.3. The molecule has 0 bridgehead atoms.